The van der Waals surface area contributed by atoms with Crippen LogP contribution in [0, 0.1) is 0 Å². The van der Waals surface area contributed by atoms with Crippen molar-refractivity contribution in [2.75, 3.05) is 13.2 Å². The molecule has 8 heteroatoms. The zero-order chi connectivity index (χ0) is 11.9. The molecule has 0 saturated carbocycles. The number of rotatable bonds is 6. The van der Waals surface area contributed by atoms with Gasteiger partial charge >= 0.3 is 19.8 Å². The molecule has 0 fully saturated rings. The van der Waals surface area contributed by atoms with Crippen LogP contribution in [0.1, 0.15) is 6.92 Å². The van der Waals surface area contributed by atoms with E-state index in [0.29, 0.717) is 0 Å². The fourth-order valence-electron chi connectivity index (χ4n) is 0.543. The Morgan fingerprint density at radius 1 is 1.47 bits per heavy atom. The van der Waals surface area contributed by atoms with Crippen molar-refractivity contribution in [1.82, 2.24) is 0 Å². The molecule has 0 saturated heterocycles. The molecule has 0 aromatic carbocycles. The number of hydrogen-bond donors (Lipinski definition) is 1. The molecule has 0 amide bonds. The summed E-state index contributed by atoms with van der Waals surface area (Å²) in [6.45, 7) is 3.50. The van der Waals surface area contributed by atoms with Crippen LogP contribution in [-0.2, 0) is 27.9 Å². The van der Waals surface area contributed by atoms with Gasteiger partial charge in [0.1, 0.15) is 6.61 Å². The maximum atomic E-state index is 10.9. The number of esters is 1. The van der Waals surface area contributed by atoms with Crippen molar-refractivity contribution in [3.63, 3.8) is 0 Å². The molecule has 86 valence electrons. The SMILES string of the molecule is C=CC(=O)OCCOP(=O)(O)OC(C)=O. The van der Waals surface area contributed by atoms with Crippen molar-refractivity contribution >= 4 is 19.8 Å². The highest BCUT2D eigenvalue weighted by atomic mass is 31.2. The average Bonchev–Trinajstić information content (AvgIpc) is 2.10. The number of phosphoric ester groups is 1. The Morgan fingerprint density at radius 2 is 2.07 bits per heavy atom. The predicted octanol–water partition coefficient (Wildman–Crippen LogP) is 0.396. The quantitative estimate of drug-likeness (QED) is 0.309. The molecule has 0 radical (unpaired) electrons. The highest BCUT2D eigenvalue weighted by molar-refractivity contribution is 7.48. The number of carbonyl (C=O) groups excluding carboxylic acids is 2. The zero-order valence-corrected chi connectivity index (χ0v) is 8.94. The first kappa shape index (κ1) is 13.8. The van der Waals surface area contributed by atoms with Crippen molar-refractivity contribution in [2.45, 2.75) is 6.92 Å². The minimum atomic E-state index is -4.38. The van der Waals surface area contributed by atoms with Crippen LogP contribution in [0.5, 0.6) is 0 Å². The maximum Gasteiger partial charge on any atom is 0.529 e. The maximum absolute atomic E-state index is 10.9. The Morgan fingerprint density at radius 3 is 2.53 bits per heavy atom. The highest BCUT2D eigenvalue weighted by Gasteiger charge is 2.23. The van der Waals surface area contributed by atoms with Crippen molar-refractivity contribution in [3.8, 4) is 0 Å². The van der Waals surface area contributed by atoms with Gasteiger partial charge in [-0.15, -0.1) is 0 Å². The van der Waals surface area contributed by atoms with E-state index in [1.165, 1.54) is 0 Å². The second-order valence-corrected chi connectivity index (χ2v) is 3.63. The molecule has 0 aromatic heterocycles. The first-order valence-corrected chi connectivity index (χ1v) is 5.33. The molecule has 1 N–H and O–H groups in total. The van der Waals surface area contributed by atoms with Crippen molar-refractivity contribution < 1.29 is 32.8 Å². The summed E-state index contributed by atoms with van der Waals surface area (Å²) in [5, 5.41) is 0. The van der Waals surface area contributed by atoms with Gasteiger partial charge in [-0.1, -0.05) is 6.58 Å². The van der Waals surface area contributed by atoms with Gasteiger partial charge in [-0.05, 0) is 0 Å². The molecule has 7 nitrogen and oxygen atoms in total. The van der Waals surface area contributed by atoms with Gasteiger partial charge in [0.05, 0.1) is 6.61 Å². The van der Waals surface area contributed by atoms with E-state index in [9.17, 15) is 14.2 Å². The summed E-state index contributed by atoms with van der Waals surface area (Å²) >= 11 is 0. The van der Waals surface area contributed by atoms with Gasteiger partial charge in [-0.2, -0.15) is 0 Å². The monoisotopic (exact) mass is 238 g/mol. The number of hydrogen-bond acceptors (Lipinski definition) is 6. The van der Waals surface area contributed by atoms with E-state index < -0.39 is 19.8 Å². The zero-order valence-electron chi connectivity index (χ0n) is 8.04. The molecule has 0 bridgehead atoms. The van der Waals surface area contributed by atoms with Gasteiger partial charge in [0, 0.05) is 13.0 Å². The van der Waals surface area contributed by atoms with Crippen LogP contribution in [-0.4, -0.2) is 30.0 Å². The lowest BCUT2D eigenvalue weighted by Crippen LogP contribution is -2.09. The van der Waals surface area contributed by atoms with Crippen molar-refractivity contribution in [1.29, 1.82) is 0 Å². The van der Waals surface area contributed by atoms with Gasteiger partial charge in [0.2, 0.25) is 0 Å². The van der Waals surface area contributed by atoms with E-state index in [1.807, 2.05) is 0 Å². The van der Waals surface area contributed by atoms with E-state index in [0.717, 1.165) is 13.0 Å². The van der Waals surface area contributed by atoms with E-state index in [-0.39, 0.29) is 13.2 Å². The number of carbonyl (C=O) groups is 2. The third-order valence-corrected chi connectivity index (χ3v) is 1.99. The molecule has 1 unspecified atom stereocenters. The Labute approximate surface area is 86.2 Å². The van der Waals surface area contributed by atoms with Crippen LogP contribution in [0.2, 0.25) is 0 Å². The fourth-order valence-corrected chi connectivity index (χ4v) is 1.23. The molecule has 15 heavy (non-hydrogen) atoms. The molecular formula is C7H11O7P. The van der Waals surface area contributed by atoms with Crippen molar-refractivity contribution in [2.24, 2.45) is 0 Å². The summed E-state index contributed by atoms with van der Waals surface area (Å²) < 4.78 is 23.6. The third kappa shape index (κ3) is 7.87. The summed E-state index contributed by atoms with van der Waals surface area (Å²) in [5.41, 5.74) is 0. The molecular weight excluding hydrogens is 227 g/mol. The third-order valence-electron chi connectivity index (χ3n) is 0.993. The van der Waals surface area contributed by atoms with Gasteiger partial charge in [0.15, 0.2) is 0 Å². The highest BCUT2D eigenvalue weighted by Crippen LogP contribution is 2.42. The molecule has 0 aromatic rings. The normalized spacial score (nSPS) is 13.7. The second-order valence-electron chi connectivity index (χ2n) is 2.26. The van der Waals surface area contributed by atoms with Gasteiger partial charge in [-0.3, -0.25) is 14.2 Å². The second kappa shape index (κ2) is 6.34. The van der Waals surface area contributed by atoms with Crippen LogP contribution in [0.25, 0.3) is 0 Å². The summed E-state index contributed by atoms with van der Waals surface area (Å²) in [5.74, 6) is -1.62. The van der Waals surface area contributed by atoms with E-state index in [2.05, 4.69) is 20.4 Å². The first-order valence-electron chi connectivity index (χ1n) is 3.84. The lowest BCUT2D eigenvalue weighted by Gasteiger charge is -2.09. The molecule has 0 aliphatic heterocycles. The summed E-state index contributed by atoms with van der Waals surface area (Å²) in [6.07, 6.45) is 0.935. The Hall–Kier alpha value is -1.17. The summed E-state index contributed by atoms with van der Waals surface area (Å²) in [7, 11) is -4.38. The van der Waals surface area contributed by atoms with Crippen LogP contribution in [0.4, 0.5) is 0 Å². The number of phosphoric acid groups is 1. The average molecular weight is 238 g/mol. The molecule has 0 aliphatic carbocycles. The smallest absolute Gasteiger partial charge is 0.460 e. The summed E-state index contributed by atoms with van der Waals surface area (Å²) in [4.78, 5) is 29.7. The summed E-state index contributed by atoms with van der Waals surface area (Å²) in [6, 6.07) is 0. The lowest BCUT2D eigenvalue weighted by molar-refractivity contribution is -0.139. The van der Waals surface area contributed by atoms with Gasteiger partial charge in [0.25, 0.3) is 0 Å². The van der Waals surface area contributed by atoms with Crippen LogP contribution < -0.4 is 0 Å². The number of ether oxygens (including phenoxy) is 1. The molecule has 0 heterocycles. The Kier molecular flexibility index (Phi) is 5.84. The molecule has 1 atom stereocenters. The largest absolute Gasteiger partial charge is 0.529 e. The Balaban J connectivity index is 3.75. The fraction of sp³-hybridized carbons (Fsp3) is 0.429. The van der Waals surface area contributed by atoms with Crippen molar-refractivity contribution in [3.05, 3.63) is 12.7 Å². The first-order chi connectivity index (χ1) is 6.87. The lowest BCUT2D eigenvalue weighted by atomic mass is 10.6. The topological polar surface area (TPSA) is 99.1 Å². The predicted molar refractivity (Wildman–Crippen MR) is 48.7 cm³/mol. The van der Waals surface area contributed by atoms with E-state index in [1.54, 1.807) is 0 Å². The van der Waals surface area contributed by atoms with Gasteiger partial charge < -0.3 is 9.26 Å². The standard InChI is InChI=1S/C7H11O7P/c1-3-7(9)12-4-5-13-15(10,11)14-6(2)8/h3H,1,4-5H2,2H3,(H,10,11). The molecule has 0 spiro atoms. The van der Waals surface area contributed by atoms with Crippen LogP contribution >= 0.6 is 7.82 Å². The van der Waals surface area contributed by atoms with Crippen LogP contribution in [0.3, 0.4) is 0 Å². The molecule has 0 rings (SSSR count). The van der Waals surface area contributed by atoms with E-state index >= 15 is 0 Å². The Bertz CT molecular complexity index is 298. The molecule has 0 aliphatic rings. The minimum absolute atomic E-state index is 0.239. The van der Waals surface area contributed by atoms with Crippen LogP contribution in [0.15, 0.2) is 12.7 Å². The van der Waals surface area contributed by atoms with Gasteiger partial charge in [-0.25, -0.2) is 9.36 Å². The van der Waals surface area contributed by atoms with E-state index in [4.69, 9.17) is 4.89 Å². The minimum Gasteiger partial charge on any atom is -0.460 e.